The fourth-order valence-corrected chi connectivity index (χ4v) is 2.42. The zero-order valence-corrected chi connectivity index (χ0v) is 12.5. The van der Waals surface area contributed by atoms with E-state index in [9.17, 15) is 4.79 Å². The summed E-state index contributed by atoms with van der Waals surface area (Å²) in [4.78, 5) is 16.0. The minimum Gasteiger partial charge on any atom is -0.338 e. The van der Waals surface area contributed by atoms with Crippen LogP contribution in [0.25, 0.3) is 21.9 Å². The van der Waals surface area contributed by atoms with Crippen LogP contribution in [0.2, 0.25) is 0 Å². The van der Waals surface area contributed by atoms with Gasteiger partial charge in [-0.3, -0.25) is 10.4 Å². The quantitative estimate of drug-likeness (QED) is 0.694. The molecule has 6 nitrogen and oxygen atoms in total. The van der Waals surface area contributed by atoms with E-state index in [1.807, 2.05) is 26.1 Å². The third-order valence-electron chi connectivity index (χ3n) is 3.51. The summed E-state index contributed by atoms with van der Waals surface area (Å²) in [6.07, 6.45) is 5.42. The molecular weight excluding hydrogens is 278 g/mol. The van der Waals surface area contributed by atoms with Crippen molar-refractivity contribution in [1.82, 2.24) is 20.5 Å². The zero-order valence-electron chi connectivity index (χ0n) is 12.5. The standard InChI is InChI=1S/C16H17N5O/c1-3-17-16(22)21-15-6-13-12(11-7-19-20-8-11)5-4-10(2)14(13)9-18-15/h4-9H,3H2,1-2H3,(H,19,20)(H2,17,18,21,22). The number of urea groups is 1. The predicted octanol–water partition coefficient (Wildman–Crippen LogP) is 3.07. The summed E-state index contributed by atoms with van der Waals surface area (Å²) in [7, 11) is 0. The summed E-state index contributed by atoms with van der Waals surface area (Å²) in [5.41, 5.74) is 3.19. The Balaban J connectivity index is 2.09. The zero-order chi connectivity index (χ0) is 15.5. The maximum atomic E-state index is 11.7. The molecule has 0 unspecified atom stereocenters. The third-order valence-corrected chi connectivity index (χ3v) is 3.51. The molecule has 2 aromatic heterocycles. The average Bonchev–Trinajstić information content (AvgIpc) is 3.02. The lowest BCUT2D eigenvalue weighted by Crippen LogP contribution is -2.28. The summed E-state index contributed by atoms with van der Waals surface area (Å²) in [6, 6.07) is 5.74. The van der Waals surface area contributed by atoms with E-state index in [2.05, 4.69) is 37.9 Å². The van der Waals surface area contributed by atoms with Gasteiger partial charge < -0.3 is 5.32 Å². The van der Waals surface area contributed by atoms with Gasteiger partial charge in [0.25, 0.3) is 0 Å². The molecule has 0 fully saturated rings. The van der Waals surface area contributed by atoms with Crippen molar-refractivity contribution < 1.29 is 4.79 Å². The van der Waals surface area contributed by atoms with Crippen LogP contribution < -0.4 is 10.6 Å². The van der Waals surface area contributed by atoms with E-state index in [1.165, 1.54) is 0 Å². The Kier molecular flexibility index (Phi) is 3.74. The summed E-state index contributed by atoms with van der Waals surface area (Å²) >= 11 is 0. The second-order valence-electron chi connectivity index (χ2n) is 5.02. The molecular formula is C16H17N5O. The van der Waals surface area contributed by atoms with Gasteiger partial charge >= 0.3 is 6.03 Å². The number of aryl methyl sites for hydroxylation is 1. The maximum Gasteiger partial charge on any atom is 0.320 e. The molecule has 0 aliphatic heterocycles. The predicted molar refractivity (Wildman–Crippen MR) is 86.8 cm³/mol. The molecule has 112 valence electrons. The lowest BCUT2D eigenvalue weighted by molar-refractivity contribution is 0.252. The first kappa shape index (κ1) is 14.1. The number of pyridine rings is 1. The summed E-state index contributed by atoms with van der Waals surface area (Å²) < 4.78 is 0. The molecule has 22 heavy (non-hydrogen) atoms. The molecule has 0 saturated carbocycles. The first-order chi connectivity index (χ1) is 10.7. The Labute approximate surface area is 128 Å². The molecule has 1 aromatic carbocycles. The molecule has 0 bridgehead atoms. The minimum atomic E-state index is -0.258. The van der Waals surface area contributed by atoms with Crippen molar-refractivity contribution in [3.05, 3.63) is 42.4 Å². The Hall–Kier alpha value is -2.89. The topological polar surface area (TPSA) is 82.7 Å². The molecule has 0 radical (unpaired) electrons. The highest BCUT2D eigenvalue weighted by Gasteiger charge is 2.09. The molecule has 3 aromatic rings. The van der Waals surface area contributed by atoms with E-state index in [-0.39, 0.29) is 6.03 Å². The number of aromatic nitrogens is 3. The number of hydrogen-bond donors (Lipinski definition) is 3. The monoisotopic (exact) mass is 295 g/mol. The fraction of sp³-hybridized carbons (Fsp3) is 0.188. The van der Waals surface area contributed by atoms with Gasteiger partial charge in [0.1, 0.15) is 5.82 Å². The first-order valence-electron chi connectivity index (χ1n) is 7.12. The molecule has 2 amide bonds. The van der Waals surface area contributed by atoms with Crippen LogP contribution in [0.5, 0.6) is 0 Å². The van der Waals surface area contributed by atoms with Crippen molar-refractivity contribution in [1.29, 1.82) is 0 Å². The van der Waals surface area contributed by atoms with Gasteiger partial charge in [-0.2, -0.15) is 5.10 Å². The van der Waals surface area contributed by atoms with Gasteiger partial charge in [0.15, 0.2) is 0 Å². The number of H-pyrrole nitrogens is 1. The molecule has 0 saturated heterocycles. The number of rotatable bonds is 3. The third kappa shape index (κ3) is 2.63. The van der Waals surface area contributed by atoms with E-state index in [1.54, 1.807) is 12.4 Å². The van der Waals surface area contributed by atoms with Crippen LogP contribution in [0.1, 0.15) is 12.5 Å². The molecule has 0 spiro atoms. The molecule has 0 aliphatic rings. The Morgan fingerprint density at radius 1 is 1.27 bits per heavy atom. The normalized spacial score (nSPS) is 10.6. The highest BCUT2D eigenvalue weighted by molar-refractivity contribution is 6.00. The van der Waals surface area contributed by atoms with Crippen molar-refractivity contribution in [3.8, 4) is 11.1 Å². The summed E-state index contributed by atoms with van der Waals surface area (Å²) in [6.45, 7) is 4.48. The van der Waals surface area contributed by atoms with Crippen LogP contribution >= 0.6 is 0 Å². The van der Waals surface area contributed by atoms with Crippen LogP contribution in [0.15, 0.2) is 36.8 Å². The second-order valence-corrected chi connectivity index (χ2v) is 5.02. The van der Waals surface area contributed by atoms with E-state index >= 15 is 0 Å². The molecule has 0 aliphatic carbocycles. The largest absolute Gasteiger partial charge is 0.338 e. The Morgan fingerprint density at radius 2 is 2.14 bits per heavy atom. The summed E-state index contributed by atoms with van der Waals surface area (Å²) in [5.74, 6) is 0.522. The highest BCUT2D eigenvalue weighted by atomic mass is 16.2. The van der Waals surface area contributed by atoms with Gasteiger partial charge in [-0.15, -0.1) is 0 Å². The van der Waals surface area contributed by atoms with Crippen molar-refractivity contribution in [3.63, 3.8) is 0 Å². The molecule has 0 atom stereocenters. The SMILES string of the molecule is CCNC(=O)Nc1cc2c(-c3cn[nH]c3)ccc(C)c2cn1. The second kappa shape index (κ2) is 5.85. The van der Waals surface area contributed by atoms with Gasteiger partial charge in [-0.1, -0.05) is 12.1 Å². The van der Waals surface area contributed by atoms with Gasteiger partial charge in [0.2, 0.25) is 0 Å². The number of nitrogens with zero attached hydrogens (tertiary/aromatic N) is 2. The van der Waals surface area contributed by atoms with E-state index in [0.717, 1.165) is 27.5 Å². The maximum absolute atomic E-state index is 11.7. The number of anilines is 1. The van der Waals surface area contributed by atoms with Crippen LogP contribution in [0.4, 0.5) is 10.6 Å². The van der Waals surface area contributed by atoms with Crippen molar-refractivity contribution >= 4 is 22.6 Å². The van der Waals surface area contributed by atoms with E-state index in [0.29, 0.717) is 12.4 Å². The number of amides is 2. The van der Waals surface area contributed by atoms with Crippen molar-refractivity contribution in [2.75, 3.05) is 11.9 Å². The van der Waals surface area contributed by atoms with E-state index < -0.39 is 0 Å². The molecule has 6 heteroatoms. The van der Waals surface area contributed by atoms with Gasteiger partial charge in [0.05, 0.1) is 6.20 Å². The van der Waals surface area contributed by atoms with Gasteiger partial charge in [0, 0.05) is 29.9 Å². The average molecular weight is 295 g/mol. The number of nitrogens with one attached hydrogen (secondary N) is 3. The highest BCUT2D eigenvalue weighted by Crippen LogP contribution is 2.31. The lowest BCUT2D eigenvalue weighted by atomic mass is 9.98. The van der Waals surface area contributed by atoms with Gasteiger partial charge in [-0.25, -0.2) is 9.78 Å². The van der Waals surface area contributed by atoms with E-state index in [4.69, 9.17) is 0 Å². The molecule has 3 N–H and O–H groups in total. The van der Waals surface area contributed by atoms with Crippen LogP contribution in [-0.4, -0.2) is 27.8 Å². The Morgan fingerprint density at radius 3 is 2.86 bits per heavy atom. The number of hydrogen-bond acceptors (Lipinski definition) is 3. The fourth-order valence-electron chi connectivity index (χ4n) is 2.42. The Bertz CT molecular complexity index is 811. The first-order valence-corrected chi connectivity index (χ1v) is 7.12. The number of carbonyl (C=O) groups excluding carboxylic acids is 1. The van der Waals surface area contributed by atoms with Crippen LogP contribution in [0.3, 0.4) is 0 Å². The van der Waals surface area contributed by atoms with Crippen molar-refractivity contribution in [2.45, 2.75) is 13.8 Å². The summed E-state index contributed by atoms with van der Waals surface area (Å²) in [5, 5.41) is 14.3. The minimum absolute atomic E-state index is 0.258. The smallest absolute Gasteiger partial charge is 0.320 e. The number of fused-ring (bicyclic) bond motifs is 1. The molecule has 3 rings (SSSR count). The number of aromatic amines is 1. The number of carbonyl (C=O) groups is 1. The van der Waals surface area contributed by atoms with Gasteiger partial charge in [-0.05, 0) is 36.4 Å². The van der Waals surface area contributed by atoms with Crippen molar-refractivity contribution in [2.24, 2.45) is 0 Å². The molecule has 2 heterocycles. The number of benzene rings is 1. The van der Waals surface area contributed by atoms with Crippen LogP contribution in [0, 0.1) is 6.92 Å². The van der Waals surface area contributed by atoms with Crippen LogP contribution in [-0.2, 0) is 0 Å². The lowest BCUT2D eigenvalue weighted by Gasteiger charge is -2.10.